The molecule has 2 rings (SSSR count). The van der Waals surface area contributed by atoms with Gasteiger partial charge in [-0.3, -0.25) is 4.79 Å². The molecule has 104 valence electrons. The highest BCUT2D eigenvalue weighted by Crippen LogP contribution is 2.33. The number of ether oxygens (including phenoxy) is 1. The minimum Gasteiger partial charge on any atom is -0.493 e. The van der Waals surface area contributed by atoms with Crippen LogP contribution >= 0.6 is 0 Å². The second-order valence-electron chi connectivity index (χ2n) is 5.22. The van der Waals surface area contributed by atoms with Crippen LogP contribution in [0.25, 0.3) is 0 Å². The molecule has 4 heteroatoms. The van der Waals surface area contributed by atoms with Crippen molar-refractivity contribution in [2.24, 2.45) is 0 Å². The molecule has 1 amide bonds. The normalized spacial score (nSPS) is 20.9. The summed E-state index contributed by atoms with van der Waals surface area (Å²) in [5.41, 5.74) is 0.954. The average molecular weight is 263 g/mol. The molecule has 19 heavy (non-hydrogen) atoms. The summed E-state index contributed by atoms with van der Waals surface area (Å²) in [4.78, 5) is 12.3. The number of carbonyl (C=O) groups excluding carboxylic acids is 1. The summed E-state index contributed by atoms with van der Waals surface area (Å²) in [6.07, 6.45) is 0.859. The zero-order valence-corrected chi connectivity index (χ0v) is 11.4. The van der Waals surface area contributed by atoms with Crippen molar-refractivity contribution in [1.29, 1.82) is 0 Å². The predicted molar refractivity (Wildman–Crippen MR) is 73.2 cm³/mol. The van der Waals surface area contributed by atoms with E-state index in [1.165, 1.54) is 0 Å². The second-order valence-corrected chi connectivity index (χ2v) is 5.22. The Hall–Kier alpha value is -1.55. The predicted octanol–water partition coefficient (Wildman–Crippen LogP) is 1.83. The van der Waals surface area contributed by atoms with Gasteiger partial charge in [0.05, 0.1) is 18.6 Å². The lowest BCUT2D eigenvalue weighted by Crippen LogP contribution is -2.39. The van der Waals surface area contributed by atoms with Crippen molar-refractivity contribution in [2.45, 2.75) is 44.8 Å². The van der Waals surface area contributed by atoms with Crippen LogP contribution in [0.3, 0.4) is 0 Å². The van der Waals surface area contributed by atoms with Gasteiger partial charge in [0, 0.05) is 11.6 Å². The lowest BCUT2D eigenvalue weighted by molar-refractivity contribution is -0.123. The van der Waals surface area contributed by atoms with Crippen LogP contribution in [0, 0.1) is 0 Å². The van der Waals surface area contributed by atoms with E-state index in [9.17, 15) is 9.90 Å². The molecule has 0 saturated heterocycles. The van der Waals surface area contributed by atoms with E-state index in [-0.39, 0.29) is 17.9 Å². The van der Waals surface area contributed by atoms with E-state index in [1.807, 2.05) is 31.2 Å². The molecule has 3 atom stereocenters. The summed E-state index contributed by atoms with van der Waals surface area (Å²) in [5, 5.41) is 12.3. The summed E-state index contributed by atoms with van der Waals surface area (Å²) in [5.74, 6) is 0.669. The Morgan fingerprint density at radius 1 is 1.47 bits per heavy atom. The molecule has 1 heterocycles. The van der Waals surface area contributed by atoms with E-state index >= 15 is 0 Å². The van der Waals surface area contributed by atoms with E-state index in [4.69, 9.17) is 4.74 Å². The zero-order valence-electron chi connectivity index (χ0n) is 11.4. The van der Waals surface area contributed by atoms with Gasteiger partial charge in [-0.2, -0.15) is 0 Å². The lowest BCUT2D eigenvalue weighted by Gasteiger charge is -2.26. The Bertz CT molecular complexity index is 445. The average Bonchev–Trinajstić information content (AvgIpc) is 2.36. The van der Waals surface area contributed by atoms with Crippen LogP contribution < -0.4 is 10.1 Å². The maximum absolute atomic E-state index is 12.3. The summed E-state index contributed by atoms with van der Waals surface area (Å²) >= 11 is 0. The zero-order chi connectivity index (χ0) is 13.8. The summed E-state index contributed by atoms with van der Waals surface area (Å²) in [6, 6.07) is 7.65. The molecule has 0 aromatic heterocycles. The number of aliphatic hydroxyl groups is 1. The number of carbonyl (C=O) groups is 1. The van der Waals surface area contributed by atoms with Crippen molar-refractivity contribution in [2.75, 3.05) is 6.61 Å². The van der Waals surface area contributed by atoms with Gasteiger partial charge in [-0.15, -0.1) is 0 Å². The number of amides is 1. The van der Waals surface area contributed by atoms with Crippen LogP contribution in [-0.2, 0) is 4.79 Å². The van der Waals surface area contributed by atoms with Crippen molar-refractivity contribution in [3.63, 3.8) is 0 Å². The summed E-state index contributed by atoms with van der Waals surface area (Å²) in [7, 11) is 0. The molecular weight excluding hydrogens is 242 g/mol. The van der Waals surface area contributed by atoms with Crippen LogP contribution in [0.4, 0.5) is 0 Å². The van der Waals surface area contributed by atoms with Crippen LogP contribution in [-0.4, -0.2) is 29.8 Å². The van der Waals surface area contributed by atoms with Gasteiger partial charge in [0.25, 0.3) is 0 Å². The molecule has 1 aromatic rings. The molecule has 0 spiro atoms. The number of fused-ring (bicyclic) bond motifs is 1. The molecule has 4 nitrogen and oxygen atoms in total. The monoisotopic (exact) mass is 263 g/mol. The molecule has 0 aliphatic carbocycles. The van der Waals surface area contributed by atoms with Crippen molar-refractivity contribution in [1.82, 2.24) is 5.32 Å². The number of hydrogen-bond acceptors (Lipinski definition) is 3. The fourth-order valence-corrected chi connectivity index (χ4v) is 2.53. The number of rotatable bonds is 4. The van der Waals surface area contributed by atoms with E-state index in [1.54, 1.807) is 6.92 Å². The smallest absolute Gasteiger partial charge is 0.228 e. The molecule has 1 aliphatic heterocycles. The number of para-hydroxylation sites is 1. The largest absolute Gasteiger partial charge is 0.493 e. The van der Waals surface area contributed by atoms with Crippen molar-refractivity contribution >= 4 is 5.91 Å². The summed E-state index contributed by atoms with van der Waals surface area (Å²) in [6.45, 7) is 4.21. The highest BCUT2D eigenvalue weighted by Gasteiger charge is 2.28. The summed E-state index contributed by atoms with van der Waals surface area (Å²) < 4.78 is 5.55. The molecule has 3 unspecified atom stereocenters. The van der Waals surface area contributed by atoms with E-state index < -0.39 is 6.10 Å². The van der Waals surface area contributed by atoms with Gasteiger partial charge in [0.1, 0.15) is 5.75 Å². The second kappa shape index (κ2) is 6.06. The maximum Gasteiger partial charge on any atom is 0.228 e. The third-order valence-corrected chi connectivity index (χ3v) is 3.36. The van der Waals surface area contributed by atoms with Crippen molar-refractivity contribution in [3.8, 4) is 5.75 Å². The van der Waals surface area contributed by atoms with Gasteiger partial charge in [0.2, 0.25) is 5.91 Å². The number of hydrogen-bond donors (Lipinski definition) is 2. The van der Waals surface area contributed by atoms with Crippen LogP contribution in [0.1, 0.15) is 38.2 Å². The molecule has 0 saturated carbocycles. The molecule has 0 fully saturated rings. The first-order valence-electron chi connectivity index (χ1n) is 6.78. The minimum atomic E-state index is -0.405. The van der Waals surface area contributed by atoms with Crippen LogP contribution in [0.15, 0.2) is 24.3 Å². The Labute approximate surface area is 113 Å². The first kappa shape index (κ1) is 13.9. The topological polar surface area (TPSA) is 58.6 Å². The first-order chi connectivity index (χ1) is 9.08. The SMILES string of the molecule is CC(O)CC(C)NC(=O)C1CCOc2ccccc21. The Morgan fingerprint density at radius 3 is 2.95 bits per heavy atom. The van der Waals surface area contributed by atoms with E-state index in [0.717, 1.165) is 11.3 Å². The van der Waals surface area contributed by atoms with Gasteiger partial charge >= 0.3 is 0 Å². The molecule has 1 aliphatic rings. The van der Waals surface area contributed by atoms with Gasteiger partial charge in [-0.1, -0.05) is 18.2 Å². The first-order valence-corrected chi connectivity index (χ1v) is 6.78. The highest BCUT2D eigenvalue weighted by molar-refractivity contribution is 5.85. The van der Waals surface area contributed by atoms with Crippen LogP contribution in [0.2, 0.25) is 0 Å². The van der Waals surface area contributed by atoms with E-state index in [0.29, 0.717) is 19.4 Å². The van der Waals surface area contributed by atoms with Crippen molar-refractivity contribution in [3.05, 3.63) is 29.8 Å². The Balaban J connectivity index is 2.04. The van der Waals surface area contributed by atoms with Gasteiger partial charge < -0.3 is 15.2 Å². The third-order valence-electron chi connectivity index (χ3n) is 3.36. The maximum atomic E-state index is 12.3. The Kier molecular flexibility index (Phi) is 4.43. The molecule has 0 radical (unpaired) electrons. The number of aliphatic hydroxyl groups excluding tert-OH is 1. The van der Waals surface area contributed by atoms with Crippen molar-refractivity contribution < 1.29 is 14.6 Å². The third kappa shape index (κ3) is 3.47. The molecule has 1 aromatic carbocycles. The minimum absolute atomic E-state index is 0.0175. The number of nitrogens with one attached hydrogen (secondary N) is 1. The van der Waals surface area contributed by atoms with Gasteiger partial charge in [-0.25, -0.2) is 0 Å². The van der Waals surface area contributed by atoms with Gasteiger partial charge in [-0.05, 0) is 32.8 Å². The number of benzene rings is 1. The standard InChI is InChI=1S/C15H21NO3/c1-10(9-11(2)17)16-15(18)13-7-8-19-14-6-4-3-5-12(13)14/h3-6,10-11,13,17H,7-9H2,1-2H3,(H,16,18). The van der Waals surface area contributed by atoms with Gasteiger partial charge in [0.15, 0.2) is 0 Å². The fourth-order valence-electron chi connectivity index (χ4n) is 2.53. The quantitative estimate of drug-likeness (QED) is 0.871. The molecular formula is C15H21NO3. The lowest BCUT2D eigenvalue weighted by atomic mass is 9.92. The molecule has 0 bridgehead atoms. The molecule has 2 N–H and O–H groups in total. The Morgan fingerprint density at radius 2 is 2.21 bits per heavy atom. The van der Waals surface area contributed by atoms with E-state index in [2.05, 4.69) is 5.32 Å². The highest BCUT2D eigenvalue weighted by atomic mass is 16.5. The van der Waals surface area contributed by atoms with Crippen LogP contribution in [0.5, 0.6) is 5.75 Å². The fraction of sp³-hybridized carbons (Fsp3) is 0.533.